The van der Waals surface area contributed by atoms with E-state index in [1.807, 2.05) is 6.92 Å². The highest BCUT2D eigenvalue weighted by molar-refractivity contribution is 7.92. The van der Waals surface area contributed by atoms with Crippen LogP contribution in [-0.2, 0) is 14.6 Å². The van der Waals surface area contributed by atoms with Crippen LogP contribution in [0.1, 0.15) is 39.0 Å². The van der Waals surface area contributed by atoms with E-state index in [9.17, 15) is 13.2 Å². The third-order valence-electron chi connectivity index (χ3n) is 3.17. The Bertz CT molecular complexity index is 354. The van der Waals surface area contributed by atoms with Crippen LogP contribution in [-0.4, -0.2) is 37.9 Å². The van der Waals surface area contributed by atoms with E-state index in [-0.39, 0.29) is 18.2 Å². The fourth-order valence-electron chi connectivity index (χ4n) is 1.99. The van der Waals surface area contributed by atoms with E-state index in [0.29, 0.717) is 19.3 Å². The molecule has 0 aromatic heterocycles. The van der Waals surface area contributed by atoms with Gasteiger partial charge in [-0.05, 0) is 19.3 Å². The first-order chi connectivity index (χ1) is 7.97. The lowest BCUT2D eigenvalue weighted by Gasteiger charge is -2.14. The lowest BCUT2D eigenvalue weighted by molar-refractivity contribution is -0.122. The Labute approximate surface area is 103 Å². The summed E-state index contributed by atoms with van der Waals surface area (Å²) < 4.78 is 23.1. The molecule has 0 spiro atoms. The maximum atomic E-state index is 11.6. The van der Waals surface area contributed by atoms with E-state index in [1.54, 1.807) is 0 Å². The van der Waals surface area contributed by atoms with E-state index < -0.39 is 21.1 Å². The van der Waals surface area contributed by atoms with Gasteiger partial charge in [-0.1, -0.05) is 19.8 Å². The minimum atomic E-state index is -2.98. The first-order valence-electron chi connectivity index (χ1n) is 6.22. The highest BCUT2D eigenvalue weighted by Crippen LogP contribution is 2.18. The van der Waals surface area contributed by atoms with Gasteiger partial charge in [0, 0.05) is 6.54 Å². The topological polar surface area (TPSA) is 89.3 Å². The Balaban J connectivity index is 2.33. The van der Waals surface area contributed by atoms with Crippen LogP contribution < -0.4 is 11.1 Å². The van der Waals surface area contributed by atoms with Gasteiger partial charge in [0.25, 0.3) is 0 Å². The van der Waals surface area contributed by atoms with Crippen molar-refractivity contribution in [1.82, 2.24) is 5.32 Å². The SMILES string of the molecule is CCCC[C@H](N)C(=O)NCC1CCCS1(=O)=O. The number of sulfone groups is 1. The van der Waals surface area contributed by atoms with Gasteiger partial charge in [-0.15, -0.1) is 0 Å². The monoisotopic (exact) mass is 262 g/mol. The zero-order chi connectivity index (χ0) is 12.9. The molecule has 3 N–H and O–H groups in total. The number of carbonyl (C=O) groups excluding carboxylic acids is 1. The Kier molecular flexibility index (Phi) is 5.39. The molecule has 0 bridgehead atoms. The zero-order valence-corrected chi connectivity index (χ0v) is 11.1. The van der Waals surface area contributed by atoms with Crippen molar-refractivity contribution < 1.29 is 13.2 Å². The number of nitrogens with one attached hydrogen (secondary N) is 1. The summed E-state index contributed by atoms with van der Waals surface area (Å²) in [4.78, 5) is 11.6. The van der Waals surface area contributed by atoms with Crippen molar-refractivity contribution >= 4 is 15.7 Å². The van der Waals surface area contributed by atoms with Crippen LogP contribution in [0.25, 0.3) is 0 Å². The molecule has 100 valence electrons. The Hall–Kier alpha value is -0.620. The maximum Gasteiger partial charge on any atom is 0.236 e. The van der Waals surface area contributed by atoms with Crippen LogP contribution >= 0.6 is 0 Å². The number of hydrogen-bond acceptors (Lipinski definition) is 4. The van der Waals surface area contributed by atoms with Crippen molar-refractivity contribution in [2.45, 2.75) is 50.3 Å². The second kappa shape index (κ2) is 6.35. The third-order valence-corrected chi connectivity index (χ3v) is 5.45. The minimum absolute atomic E-state index is 0.209. The van der Waals surface area contributed by atoms with E-state index in [4.69, 9.17) is 5.73 Å². The lowest BCUT2D eigenvalue weighted by atomic mass is 10.1. The molecule has 1 saturated heterocycles. The predicted octanol–water partition coefficient (Wildman–Crippen LogP) is 0.197. The molecule has 1 unspecified atom stereocenters. The smallest absolute Gasteiger partial charge is 0.236 e. The molecule has 17 heavy (non-hydrogen) atoms. The molecule has 0 aliphatic carbocycles. The third kappa shape index (κ3) is 4.27. The summed E-state index contributed by atoms with van der Waals surface area (Å²) in [5.41, 5.74) is 5.69. The van der Waals surface area contributed by atoms with Gasteiger partial charge in [0.05, 0.1) is 17.0 Å². The number of carbonyl (C=O) groups is 1. The van der Waals surface area contributed by atoms with Crippen molar-refractivity contribution in [3.8, 4) is 0 Å². The van der Waals surface area contributed by atoms with Gasteiger partial charge < -0.3 is 11.1 Å². The summed E-state index contributed by atoms with van der Waals surface area (Å²) in [6, 6.07) is -0.515. The first kappa shape index (κ1) is 14.4. The van der Waals surface area contributed by atoms with Crippen LogP contribution in [0.3, 0.4) is 0 Å². The normalized spacial score (nSPS) is 24.5. The summed E-state index contributed by atoms with van der Waals surface area (Å²) in [6.45, 7) is 2.25. The van der Waals surface area contributed by atoms with Crippen LogP contribution in [0.5, 0.6) is 0 Å². The van der Waals surface area contributed by atoms with Gasteiger partial charge in [0.1, 0.15) is 0 Å². The molecule has 0 aromatic carbocycles. The highest BCUT2D eigenvalue weighted by Gasteiger charge is 2.31. The maximum absolute atomic E-state index is 11.6. The molecular weight excluding hydrogens is 240 g/mol. The second-order valence-electron chi connectivity index (χ2n) is 4.63. The van der Waals surface area contributed by atoms with Crippen molar-refractivity contribution in [2.24, 2.45) is 5.73 Å². The molecule has 1 rings (SSSR count). The molecule has 1 amide bonds. The van der Waals surface area contributed by atoms with Gasteiger partial charge >= 0.3 is 0 Å². The molecule has 0 radical (unpaired) electrons. The lowest BCUT2D eigenvalue weighted by Crippen LogP contribution is -2.44. The molecular formula is C11H22N2O3S. The largest absolute Gasteiger partial charge is 0.353 e. The Morgan fingerprint density at radius 2 is 2.24 bits per heavy atom. The summed E-state index contributed by atoms with van der Waals surface area (Å²) >= 11 is 0. The zero-order valence-electron chi connectivity index (χ0n) is 10.3. The molecule has 1 fully saturated rings. The summed E-state index contributed by atoms with van der Waals surface area (Å²) in [6.07, 6.45) is 3.91. The summed E-state index contributed by atoms with van der Waals surface area (Å²) in [5.74, 6) is 0.00986. The van der Waals surface area contributed by atoms with Gasteiger partial charge in [0.2, 0.25) is 5.91 Å². The second-order valence-corrected chi connectivity index (χ2v) is 7.03. The molecule has 1 aliphatic heterocycles. The van der Waals surface area contributed by atoms with E-state index in [1.165, 1.54) is 0 Å². The average Bonchev–Trinajstić information content (AvgIpc) is 2.62. The van der Waals surface area contributed by atoms with Crippen LogP contribution in [0.4, 0.5) is 0 Å². The number of unbranched alkanes of at least 4 members (excludes halogenated alkanes) is 1. The van der Waals surface area contributed by atoms with Crippen LogP contribution in [0.2, 0.25) is 0 Å². The fourth-order valence-corrected chi connectivity index (χ4v) is 3.75. The number of amides is 1. The molecule has 5 nitrogen and oxygen atoms in total. The summed E-state index contributed by atoms with van der Waals surface area (Å²) in [7, 11) is -2.98. The van der Waals surface area contributed by atoms with Crippen molar-refractivity contribution in [2.75, 3.05) is 12.3 Å². The van der Waals surface area contributed by atoms with Crippen LogP contribution in [0.15, 0.2) is 0 Å². The van der Waals surface area contributed by atoms with Gasteiger partial charge in [0.15, 0.2) is 9.84 Å². The summed E-state index contributed by atoms with van der Waals surface area (Å²) in [5, 5.41) is 2.23. The van der Waals surface area contributed by atoms with Gasteiger partial charge in [-0.2, -0.15) is 0 Å². The quantitative estimate of drug-likeness (QED) is 0.715. The molecule has 1 aliphatic rings. The van der Waals surface area contributed by atoms with Crippen molar-refractivity contribution in [1.29, 1.82) is 0 Å². The Morgan fingerprint density at radius 1 is 1.53 bits per heavy atom. The highest BCUT2D eigenvalue weighted by atomic mass is 32.2. The molecule has 6 heteroatoms. The van der Waals surface area contributed by atoms with E-state index in [0.717, 1.165) is 12.8 Å². The molecule has 0 aromatic rings. The average molecular weight is 262 g/mol. The minimum Gasteiger partial charge on any atom is -0.353 e. The number of nitrogens with two attached hydrogens (primary N) is 1. The molecule has 0 saturated carbocycles. The predicted molar refractivity (Wildman–Crippen MR) is 67.3 cm³/mol. The number of hydrogen-bond donors (Lipinski definition) is 2. The fraction of sp³-hybridized carbons (Fsp3) is 0.909. The van der Waals surface area contributed by atoms with Crippen LogP contribution in [0, 0.1) is 0 Å². The Morgan fingerprint density at radius 3 is 2.76 bits per heavy atom. The molecule has 2 atom stereocenters. The molecule has 1 heterocycles. The van der Waals surface area contributed by atoms with E-state index in [2.05, 4.69) is 5.32 Å². The number of rotatable bonds is 6. The van der Waals surface area contributed by atoms with Gasteiger partial charge in [-0.25, -0.2) is 8.42 Å². The van der Waals surface area contributed by atoms with Crippen molar-refractivity contribution in [3.05, 3.63) is 0 Å². The van der Waals surface area contributed by atoms with Crippen molar-refractivity contribution in [3.63, 3.8) is 0 Å². The standard InChI is InChI=1S/C11H22N2O3S/c1-2-3-6-10(12)11(14)13-8-9-5-4-7-17(9,15)16/h9-10H,2-8,12H2,1H3,(H,13,14)/t9?,10-/m0/s1. The van der Waals surface area contributed by atoms with E-state index >= 15 is 0 Å². The first-order valence-corrected chi connectivity index (χ1v) is 7.93. The van der Waals surface area contributed by atoms with Gasteiger partial charge in [-0.3, -0.25) is 4.79 Å².